The maximum Gasteiger partial charge on any atom is 0.251 e. The van der Waals surface area contributed by atoms with E-state index in [2.05, 4.69) is 10.6 Å². The van der Waals surface area contributed by atoms with E-state index in [1.807, 2.05) is 55.5 Å². The summed E-state index contributed by atoms with van der Waals surface area (Å²) >= 11 is 0. The molecular formula is C15H14N2O. The van der Waals surface area contributed by atoms with Gasteiger partial charge in [-0.25, -0.2) is 0 Å². The molecule has 1 aliphatic rings. The van der Waals surface area contributed by atoms with E-state index in [-0.39, 0.29) is 11.9 Å². The Bertz CT molecular complexity index is 593. The van der Waals surface area contributed by atoms with Gasteiger partial charge in [-0.05, 0) is 30.2 Å². The van der Waals surface area contributed by atoms with Gasteiger partial charge >= 0.3 is 0 Å². The average molecular weight is 238 g/mol. The van der Waals surface area contributed by atoms with Crippen LogP contribution in [0.15, 0.2) is 48.5 Å². The van der Waals surface area contributed by atoms with Crippen molar-refractivity contribution >= 4 is 17.3 Å². The molecule has 2 aromatic rings. The zero-order valence-electron chi connectivity index (χ0n) is 10.1. The van der Waals surface area contributed by atoms with Gasteiger partial charge in [-0.2, -0.15) is 0 Å². The van der Waals surface area contributed by atoms with E-state index in [0.29, 0.717) is 0 Å². The van der Waals surface area contributed by atoms with Gasteiger partial charge in [0.15, 0.2) is 0 Å². The molecule has 0 bridgehead atoms. The van der Waals surface area contributed by atoms with E-state index in [4.69, 9.17) is 0 Å². The van der Waals surface area contributed by atoms with Crippen molar-refractivity contribution in [1.29, 1.82) is 0 Å². The third-order valence-electron chi connectivity index (χ3n) is 3.13. The number of nitrogens with one attached hydrogen (secondary N) is 2. The minimum absolute atomic E-state index is 0.0162. The SMILES string of the molecule is Cc1ccc2c(c1)NC(c1ccccc1)C(=O)N2. The molecule has 0 saturated carbocycles. The monoisotopic (exact) mass is 238 g/mol. The second-order valence-corrected chi connectivity index (χ2v) is 4.53. The van der Waals surface area contributed by atoms with Crippen LogP contribution in [0, 0.1) is 6.92 Å². The summed E-state index contributed by atoms with van der Waals surface area (Å²) in [6.07, 6.45) is 0. The lowest BCUT2D eigenvalue weighted by Gasteiger charge is -2.27. The third kappa shape index (κ3) is 1.84. The lowest BCUT2D eigenvalue weighted by atomic mass is 10.0. The second-order valence-electron chi connectivity index (χ2n) is 4.53. The fourth-order valence-corrected chi connectivity index (χ4v) is 2.19. The molecule has 1 atom stereocenters. The lowest BCUT2D eigenvalue weighted by molar-refractivity contribution is -0.117. The summed E-state index contributed by atoms with van der Waals surface area (Å²) in [5.41, 5.74) is 3.97. The van der Waals surface area contributed by atoms with Crippen molar-refractivity contribution in [3.8, 4) is 0 Å². The first-order valence-electron chi connectivity index (χ1n) is 5.97. The molecule has 18 heavy (non-hydrogen) atoms. The Labute approximate surface area is 106 Å². The second kappa shape index (κ2) is 4.18. The molecule has 2 aromatic carbocycles. The summed E-state index contributed by atoms with van der Waals surface area (Å²) < 4.78 is 0. The van der Waals surface area contributed by atoms with Crippen LogP contribution in [0.25, 0.3) is 0 Å². The molecule has 0 fully saturated rings. The molecule has 1 aliphatic heterocycles. The minimum Gasteiger partial charge on any atom is -0.368 e. The van der Waals surface area contributed by atoms with Gasteiger partial charge < -0.3 is 10.6 Å². The first-order chi connectivity index (χ1) is 8.74. The summed E-state index contributed by atoms with van der Waals surface area (Å²) in [5.74, 6) is -0.0162. The summed E-state index contributed by atoms with van der Waals surface area (Å²) in [4.78, 5) is 12.1. The number of hydrogen-bond acceptors (Lipinski definition) is 2. The first kappa shape index (κ1) is 10.8. The van der Waals surface area contributed by atoms with Crippen molar-refractivity contribution in [2.75, 3.05) is 10.6 Å². The van der Waals surface area contributed by atoms with E-state index in [0.717, 1.165) is 16.9 Å². The Balaban J connectivity index is 1.99. The van der Waals surface area contributed by atoms with Gasteiger partial charge in [0.05, 0.1) is 11.4 Å². The summed E-state index contributed by atoms with van der Waals surface area (Å²) in [6.45, 7) is 2.04. The van der Waals surface area contributed by atoms with Crippen molar-refractivity contribution in [3.63, 3.8) is 0 Å². The van der Waals surface area contributed by atoms with Crippen LogP contribution < -0.4 is 10.6 Å². The number of carbonyl (C=O) groups is 1. The summed E-state index contributed by atoms with van der Waals surface area (Å²) in [7, 11) is 0. The Morgan fingerprint density at radius 2 is 1.78 bits per heavy atom. The molecule has 3 rings (SSSR count). The molecule has 0 radical (unpaired) electrons. The molecule has 3 nitrogen and oxygen atoms in total. The summed E-state index contributed by atoms with van der Waals surface area (Å²) in [6, 6.07) is 15.4. The molecule has 90 valence electrons. The van der Waals surface area contributed by atoms with Gasteiger partial charge in [-0.3, -0.25) is 4.79 Å². The van der Waals surface area contributed by atoms with Crippen LogP contribution in [0.5, 0.6) is 0 Å². The topological polar surface area (TPSA) is 41.1 Å². The third-order valence-corrected chi connectivity index (χ3v) is 3.13. The van der Waals surface area contributed by atoms with Crippen LogP contribution in [0.3, 0.4) is 0 Å². The minimum atomic E-state index is -0.319. The number of amides is 1. The van der Waals surface area contributed by atoms with E-state index < -0.39 is 0 Å². The fourth-order valence-electron chi connectivity index (χ4n) is 2.19. The molecular weight excluding hydrogens is 224 g/mol. The van der Waals surface area contributed by atoms with Crippen LogP contribution in [-0.2, 0) is 4.79 Å². The quantitative estimate of drug-likeness (QED) is 0.801. The standard InChI is InChI=1S/C15H14N2O/c1-10-7-8-12-13(9-10)16-14(15(18)17-12)11-5-3-2-4-6-11/h2-9,14,16H,1H3,(H,17,18). The van der Waals surface area contributed by atoms with Gasteiger partial charge in [-0.1, -0.05) is 36.4 Å². The fraction of sp³-hybridized carbons (Fsp3) is 0.133. The van der Waals surface area contributed by atoms with Gasteiger partial charge in [0.2, 0.25) is 0 Å². The van der Waals surface area contributed by atoms with Gasteiger partial charge in [-0.15, -0.1) is 0 Å². The van der Waals surface area contributed by atoms with Crippen LogP contribution in [0.1, 0.15) is 17.2 Å². The normalized spacial score (nSPS) is 17.6. The highest BCUT2D eigenvalue weighted by Crippen LogP contribution is 2.32. The van der Waals surface area contributed by atoms with Crippen molar-refractivity contribution in [3.05, 3.63) is 59.7 Å². The Morgan fingerprint density at radius 3 is 2.56 bits per heavy atom. The average Bonchev–Trinajstić information content (AvgIpc) is 2.39. The number of aryl methyl sites for hydroxylation is 1. The van der Waals surface area contributed by atoms with Crippen LogP contribution >= 0.6 is 0 Å². The Hall–Kier alpha value is -2.29. The van der Waals surface area contributed by atoms with Crippen LogP contribution in [-0.4, -0.2) is 5.91 Å². The molecule has 2 N–H and O–H groups in total. The van der Waals surface area contributed by atoms with E-state index in [9.17, 15) is 4.79 Å². The number of fused-ring (bicyclic) bond motifs is 1. The zero-order chi connectivity index (χ0) is 12.5. The van der Waals surface area contributed by atoms with E-state index in [1.54, 1.807) is 0 Å². The maximum atomic E-state index is 12.1. The largest absolute Gasteiger partial charge is 0.368 e. The highest BCUT2D eigenvalue weighted by molar-refractivity contribution is 6.03. The molecule has 0 aliphatic carbocycles. The molecule has 1 unspecified atom stereocenters. The highest BCUT2D eigenvalue weighted by atomic mass is 16.2. The number of hydrogen-bond donors (Lipinski definition) is 2. The zero-order valence-corrected chi connectivity index (χ0v) is 10.1. The molecule has 0 saturated heterocycles. The number of benzene rings is 2. The Morgan fingerprint density at radius 1 is 1.00 bits per heavy atom. The van der Waals surface area contributed by atoms with Gasteiger partial charge in [0.1, 0.15) is 6.04 Å². The van der Waals surface area contributed by atoms with E-state index in [1.165, 1.54) is 5.56 Å². The van der Waals surface area contributed by atoms with Crippen LogP contribution in [0.2, 0.25) is 0 Å². The molecule has 0 aromatic heterocycles. The maximum absolute atomic E-state index is 12.1. The lowest BCUT2D eigenvalue weighted by Crippen LogP contribution is -2.31. The molecule has 3 heteroatoms. The van der Waals surface area contributed by atoms with Gasteiger partial charge in [0, 0.05) is 0 Å². The first-order valence-corrected chi connectivity index (χ1v) is 5.97. The van der Waals surface area contributed by atoms with E-state index >= 15 is 0 Å². The van der Waals surface area contributed by atoms with Crippen molar-refractivity contribution < 1.29 is 4.79 Å². The summed E-state index contributed by atoms with van der Waals surface area (Å²) in [5, 5.41) is 6.23. The predicted molar refractivity (Wildman–Crippen MR) is 72.6 cm³/mol. The van der Waals surface area contributed by atoms with Crippen LogP contribution in [0.4, 0.5) is 11.4 Å². The predicted octanol–water partition coefficient (Wildman–Crippen LogP) is 3.10. The molecule has 1 amide bonds. The van der Waals surface area contributed by atoms with Crippen molar-refractivity contribution in [2.24, 2.45) is 0 Å². The number of rotatable bonds is 1. The smallest absolute Gasteiger partial charge is 0.251 e. The van der Waals surface area contributed by atoms with Crippen molar-refractivity contribution in [1.82, 2.24) is 0 Å². The van der Waals surface area contributed by atoms with Crippen molar-refractivity contribution in [2.45, 2.75) is 13.0 Å². The highest BCUT2D eigenvalue weighted by Gasteiger charge is 2.26. The van der Waals surface area contributed by atoms with Gasteiger partial charge in [0.25, 0.3) is 5.91 Å². The molecule has 0 spiro atoms. The number of carbonyl (C=O) groups excluding carboxylic acids is 1. The molecule has 1 heterocycles. The Kier molecular flexibility index (Phi) is 2.52. The number of anilines is 2.